The van der Waals surface area contributed by atoms with Gasteiger partial charge in [0.1, 0.15) is 0 Å². The van der Waals surface area contributed by atoms with E-state index >= 15 is 0 Å². The van der Waals surface area contributed by atoms with Crippen molar-refractivity contribution in [2.24, 2.45) is 0 Å². The predicted octanol–water partition coefficient (Wildman–Crippen LogP) is 1.41. The summed E-state index contributed by atoms with van der Waals surface area (Å²) in [6.45, 7) is 0.292. The van der Waals surface area contributed by atoms with E-state index in [0.29, 0.717) is 5.30 Å². The molecule has 6 heteroatoms. The zero-order valence-electron chi connectivity index (χ0n) is 8.71. The van der Waals surface area contributed by atoms with Crippen LogP contribution in [0.4, 0.5) is 0 Å². The van der Waals surface area contributed by atoms with Crippen molar-refractivity contribution in [3.63, 3.8) is 0 Å². The summed E-state index contributed by atoms with van der Waals surface area (Å²) in [6, 6.07) is 8.78. The molecule has 0 radical (unpaired) electrons. The summed E-state index contributed by atoms with van der Waals surface area (Å²) in [4.78, 5) is 14.7. The van der Waals surface area contributed by atoms with Crippen LogP contribution in [0.3, 0.4) is 0 Å². The topological polar surface area (TPSA) is 50.7 Å². The molecule has 0 bridgehead atoms. The predicted molar refractivity (Wildman–Crippen MR) is 66.5 cm³/mol. The number of rotatable bonds is 5. The van der Waals surface area contributed by atoms with Gasteiger partial charge in [-0.15, -0.1) is 0 Å². The third kappa shape index (κ3) is 3.49. The summed E-state index contributed by atoms with van der Waals surface area (Å²) in [5.41, 5.74) is 4.82. The van der Waals surface area contributed by atoms with Crippen molar-refractivity contribution in [2.75, 3.05) is 7.11 Å². The monoisotopic (exact) mass is 257 g/mol. The van der Waals surface area contributed by atoms with Gasteiger partial charge in [-0.1, -0.05) is 30.5 Å². The summed E-state index contributed by atoms with van der Waals surface area (Å²) in [5, 5.41) is 0.552. The maximum Gasteiger partial charge on any atom is 0.268 e. The normalized spacial score (nSPS) is 13.4. The zero-order chi connectivity index (χ0) is 12.0. The molecule has 16 heavy (non-hydrogen) atoms. The molecule has 4 nitrogen and oxygen atoms in total. The van der Waals surface area contributed by atoms with Crippen LogP contribution in [0, 0.1) is 0 Å². The SMILES string of the molecule is C=C=C(NOC)OP(O)(=S)c1ccccc1. The van der Waals surface area contributed by atoms with E-state index < -0.39 is 6.49 Å². The van der Waals surface area contributed by atoms with E-state index in [-0.39, 0.29) is 5.88 Å². The third-order valence-corrected chi connectivity index (χ3v) is 3.89. The van der Waals surface area contributed by atoms with Crippen molar-refractivity contribution >= 4 is 23.6 Å². The van der Waals surface area contributed by atoms with Gasteiger partial charge in [-0.3, -0.25) is 4.84 Å². The number of hydrogen-bond acceptors (Lipinski definition) is 4. The van der Waals surface area contributed by atoms with Crippen LogP contribution in [0.1, 0.15) is 0 Å². The number of hydroxylamine groups is 1. The van der Waals surface area contributed by atoms with Gasteiger partial charge in [-0.2, -0.15) is 0 Å². The standard InChI is InChI=1S/C10H12NO3PS/c1-3-10(11-13-2)14-15(12,16)9-7-5-4-6-8-9/h4-8,11H,1H2,2H3,(H,12,16). The Labute approximate surface area is 99.3 Å². The highest BCUT2D eigenvalue weighted by Gasteiger charge is 2.19. The molecule has 1 unspecified atom stereocenters. The molecule has 1 rings (SSSR count). The molecule has 1 aromatic carbocycles. The fourth-order valence-corrected chi connectivity index (χ4v) is 2.56. The molecule has 0 aromatic heterocycles. The van der Waals surface area contributed by atoms with Crippen LogP contribution >= 0.6 is 6.49 Å². The van der Waals surface area contributed by atoms with Crippen LogP contribution in [0.25, 0.3) is 0 Å². The Morgan fingerprint density at radius 1 is 1.50 bits per heavy atom. The Hall–Kier alpha value is -1.09. The lowest BCUT2D eigenvalue weighted by Gasteiger charge is -2.17. The first-order valence-corrected chi connectivity index (χ1v) is 7.04. The molecule has 0 heterocycles. The highest BCUT2D eigenvalue weighted by molar-refractivity contribution is 8.13. The van der Waals surface area contributed by atoms with Gasteiger partial charge in [-0.05, 0) is 23.9 Å². The molecule has 1 atom stereocenters. The molecule has 0 spiro atoms. The van der Waals surface area contributed by atoms with Gasteiger partial charge in [-0.25, -0.2) is 5.48 Å². The molecule has 0 aliphatic heterocycles. The Kier molecular flexibility index (Phi) is 4.74. The van der Waals surface area contributed by atoms with E-state index in [0.717, 1.165) is 0 Å². The molecule has 0 amide bonds. The fourth-order valence-electron chi connectivity index (χ4n) is 0.973. The van der Waals surface area contributed by atoms with Gasteiger partial charge in [0.25, 0.3) is 12.4 Å². The Morgan fingerprint density at radius 3 is 2.62 bits per heavy atom. The van der Waals surface area contributed by atoms with Gasteiger partial charge in [0.15, 0.2) is 0 Å². The van der Waals surface area contributed by atoms with Crippen molar-refractivity contribution < 1.29 is 14.3 Å². The first kappa shape index (κ1) is 13.0. The van der Waals surface area contributed by atoms with Crippen LogP contribution in [-0.4, -0.2) is 12.0 Å². The van der Waals surface area contributed by atoms with Gasteiger partial charge in [0.05, 0.1) is 7.11 Å². The van der Waals surface area contributed by atoms with E-state index in [1.54, 1.807) is 24.3 Å². The largest absolute Gasteiger partial charge is 0.415 e. The maximum absolute atomic E-state index is 10.0. The van der Waals surface area contributed by atoms with Crippen molar-refractivity contribution in [1.82, 2.24) is 5.48 Å². The average molecular weight is 257 g/mol. The molecular formula is C10H12NO3PS. The number of nitrogens with one attached hydrogen (secondary N) is 1. The zero-order valence-corrected chi connectivity index (χ0v) is 10.4. The minimum atomic E-state index is -3.10. The molecule has 0 fully saturated rings. The summed E-state index contributed by atoms with van der Waals surface area (Å²) < 4.78 is 5.20. The lowest BCUT2D eigenvalue weighted by molar-refractivity contribution is 0.0848. The molecule has 0 aliphatic rings. The second-order valence-electron chi connectivity index (χ2n) is 2.76. The van der Waals surface area contributed by atoms with Gasteiger partial charge >= 0.3 is 0 Å². The first-order chi connectivity index (χ1) is 7.60. The summed E-state index contributed by atoms with van der Waals surface area (Å²) >= 11 is 5.03. The highest BCUT2D eigenvalue weighted by atomic mass is 32.5. The van der Waals surface area contributed by atoms with Gasteiger partial charge in [0, 0.05) is 5.30 Å². The second-order valence-corrected chi connectivity index (χ2v) is 5.98. The van der Waals surface area contributed by atoms with E-state index in [1.165, 1.54) is 7.11 Å². The van der Waals surface area contributed by atoms with E-state index in [4.69, 9.17) is 16.3 Å². The quantitative estimate of drug-likeness (QED) is 0.361. The molecule has 86 valence electrons. The van der Waals surface area contributed by atoms with Crippen molar-refractivity contribution in [3.05, 3.63) is 48.5 Å². The molecule has 0 aliphatic carbocycles. The maximum atomic E-state index is 10.0. The first-order valence-electron chi connectivity index (χ1n) is 4.37. The van der Waals surface area contributed by atoms with Crippen molar-refractivity contribution in [2.45, 2.75) is 0 Å². The second kappa shape index (κ2) is 5.85. The van der Waals surface area contributed by atoms with E-state index in [2.05, 4.69) is 22.6 Å². The summed E-state index contributed by atoms with van der Waals surface area (Å²) in [5.74, 6) is 0.0668. The van der Waals surface area contributed by atoms with Crippen LogP contribution in [-0.2, 0) is 21.2 Å². The lowest BCUT2D eigenvalue weighted by atomic mass is 10.4. The van der Waals surface area contributed by atoms with E-state index in [1.807, 2.05) is 6.07 Å². The fraction of sp³-hybridized carbons (Fsp3) is 0.100. The third-order valence-electron chi connectivity index (χ3n) is 1.65. The molecule has 0 saturated heterocycles. The summed E-state index contributed by atoms with van der Waals surface area (Å²) in [7, 11) is 1.41. The molecule has 0 saturated carbocycles. The number of hydrogen-bond donors (Lipinski definition) is 2. The Balaban J connectivity index is 2.88. The minimum absolute atomic E-state index is 0.0668. The lowest BCUT2D eigenvalue weighted by Crippen LogP contribution is -2.15. The highest BCUT2D eigenvalue weighted by Crippen LogP contribution is 2.42. The van der Waals surface area contributed by atoms with Gasteiger partial charge in [0.2, 0.25) is 0 Å². The van der Waals surface area contributed by atoms with Crippen LogP contribution in [0.15, 0.2) is 48.5 Å². The smallest absolute Gasteiger partial charge is 0.268 e. The van der Waals surface area contributed by atoms with Crippen LogP contribution in [0.2, 0.25) is 0 Å². The van der Waals surface area contributed by atoms with E-state index in [9.17, 15) is 4.89 Å². The molecular weight excluding hydrogens is 245 g/mol. The van der Waals surface area contributed by atoms with Crippen LogP contribution < -0.4 is 10.8 Å². The van der Waals surface area contributed by atoms with Crippen molar-refractivity contribution in [1.29, 1.82) is 0 Å². The minimum Gasteiger partial charge on any atom is -0.415 e. The average Bonchev–Trinajstić information content (AvgIpc) is 2.29. The Morgan fingerprint density at radius 2 is 2.12 bits per heavy atom. The molecule has 2 N–H and O–H groups in total. The molecule has 1 aromatic rings. The van der Waals surface area contributed by atoms with Crippen molar-refractivity contribution in [3.8, 4) is 0 Å². The van der Waals surface area contributed by atoms with Crippen LogP contribution in [0.5, 0.6) is 0 Å². The Bertz CT molecular complexity index is 443. The summed E-state index contributed by atoms with van der Waals surface area (Å²) in [6.07, 6.45) is 0. The van der Waals surface area contributed by atoms with Gasteiger partial charge < -0.3 is 9.42 Å². The number of benzene rings is 1.